The van der Waals surface area contributed by atoms with E-state index in [1.54, 1.807) is 12.4 Å². The fourth-order valence-corrected chi connectivity index (χ4v) is 1.56. The van der Waals surface area contributed by atoms with Gasteiger partial charge in [-0.05, 0) is 37.9 Å². The summed E-state index contributed by atoms with van der Waals surface area (Å²) in [5.74, 6) is 0. The van der Waals surface area contributed by atoms with Gasteiger partial charge in [-0.2, -0.15) is 0 Å². The predicted molar refractivity (Wildman–Crippen MR) is 60.7 cm³/mol. The SMILES string of the molecule is CCCNC(C)Cc1ccncc1Cl. The summed E-state index contributed by atoms with van der Waals surface area (Å²) in [7, 11) is 0. The third-order valence-electron chi connectivity index (χ3n) is 2.13. The molecule has 0 bridgehead atoms. The molecule has 78 valence electrons. The standard InChI is InChI=1S/C11H17ClN2/c1-3-5-14-9(2)7-10-4-6-13-8-11(10)12/h4,6,8-9,14H,3,5,7H2,1-2H3. The van der Waals surface area contributed by atoms with E-state index < -0.39 is 0 Å². The largest absolute Gasteiger partial charge is 0.314 e. The van der Waals surface area contributed by atoms with Crippen molar-refractivity contribution in [1.82, 2.24) is 10.3 Å². The average Bonchev–Trinajstić information content (AvgIpc) is 2.18. The van der Waals surface area contributed by atoms with Gasteiger partial charge in [0.05, 0.1) is 5.02 Å². The Balaban J connectivity index is 2.47. The van der Waals surface area contributed by atoms with Crippen LogP contribution in [0.25, 0.3) is 0 Å². The van der Waals surface area contributed by atoms with Crippen LogP contribution in [0, 0.1) is 0 Å². The molecule has 0 amide bonds. The fourth-order valence-electron chi connectivity index (χ4n) is 1.36. The van der Waals surface area contributed by atoms with Crippen molar-refractivity contribution >= 4 is 11.6 Å². The Morgan fingerprint density at radius 2 is 2.36 bits per heavy atom. The van der Waals surface area contributed by atoms with E-state index in [0.717, 1.165) is 30.0 Å². The number of hydrogen-bond donors (Lipinski definition) is 1. The summed E-state index contributed by atoms with van der Waals surface area (Å²) in [5.41, 5.74) is 1.16. The second-order valence-corrected chi connectivity index (χ2v) is 3.93. The molecule has 0 saturated heterocycles. The minimum Gasteiger partial charge on any atom is -0.314 e. The van der Waals surface area contributed by atoms with Crippen molar-refractivity contribution in [3.63, 3.8) is 0 Å². The summed E-state index contributed by atoms with van der Waals surface area (Å²) < 4.78 is 0. The minimum absolute atomic E-state index is 0.467. The maximum Gasteiger partial charge on any atom is 0.0621 e. The van der Waals surface area contributed by atoms with E-state index in [1.807, 2.05) is 6.07 Å². The first-order chi connectivity index (χ1) is 6.74. The van der Waals surface area contributed by atoms with Crippen molar-refractivity contribution in [3.05, 3.63) is 29.0 Å². The maximum atomic E-state index is 6.01. The first kappa shape index (κ1) is 11.5. The molecule has 1 atom stereocenters. The minimum atomic E-state index is 0.467. The Bertz CT molecular complexity index is 276. The average molecular weight is 213 g/mol. The molecule has 3 heteroatoms. The molecular weight excluding hydrogens is 196 g/mol. The molecule has 14 heavy (non-hydrogen) atoms. The summed E-state index contributed by atoms with van der Waals surface area (Å²) in [6.45, 7) is 5.40. The molecule has 1 rings (SSSR count). The van der Waals surface area contributed by atoms with Gasteiger partial charge in [-0.25, -0.2) is 0 Å². The number of nitrogens with one attached hydrogen (secondary N) is 1. The van der Waals surface area contributed by atoms with Gasteiger partial charge in [-0.3, -0.25) is 4.98 Å². The summed E-state index contributed by atoms with van der Waals surface area (Å²) in [5, 5.41) is 4.19. The van der Waals surface area contributed by atoms with Crippen molar-refractivity contribution in [3.8, 4) is 0 Å². The van der Waals surface area contributed by atoms with Gasteiger partial charge in [0.1, 0.15) is 0 Å². The van der Waals surface area contributed by atoms with Crippen LogP contribution in [0.2, 0.25) is 5.02 Å². The molecule has 0 spiro atoms. The van der Waals surface area contributed by atoms with Crippen molar-refractivity contribution in [2.24, 2.45) is 0 Å². The topological polar surface area (TPSA) is 24.9 Å². The van der Waals surface area contributed by atoms with Crippen LogP contribution in [-0.2, 0) is 6.42 Å². The zero-order valence-corrected chi connectivity index (χ0v) is 9.51. The lowest BCUT2D eigenvalue weighted by Crippen LogP contribution is -2.28. The molecule has 0 aliphatic carbocycles. The van der Waals surface area contributed by atoms with Crippen LogP contribution in [0.3, 0.4) is 0 Å². The molecule has 0 fully saturated rings. The van der Waals surface area contributed by atoms with E-state index in [2.05, 4.69) is 24.1 Å². The Hall–Kier alpha value is -0.600. The molecule has 1 N–H and O–H groups in total. The number of rotatable bonds is 5. The molecule has 0 aliphatic rings. The van der Waals surface area contributed by atoms with Crippen LogP contribution in [-0.4, -0.2) is 17.6 Å². The van der Waals surface area contributed by atoms with Crippen LogP contribution in [0.5, 0.6) is 0 Å². The lowest BCUT2D eigenvalue weighted by atomic mass is 10.1. The Kier molecular flexibility index (Phi) is 4.91. The molecule has 1 unspecified atom stereocenters. The van der Waals surface area contributed by atoms with E-state index in [1.165, 1.54) is 0 Å². The van der Waals surface area contributed by atoms with E-state index in [9.17, 15) is 0 Å². The van der Waals surface area contributed by atoms with Gasteiger partial charge in [-0.15, -0.1) is 0 Å². The molecule has 1 aromatic heterocycles. The lowest BCUT2D eigenvalue weighted by Gasteiger charge is -2.13. The van der Waals surface area contributed by atoms with Gasteiger partial charge in [0.2, 0.25) is 0 Å². The van der Waals surface area contributed by atoms with Crippen LogP contribution >= 0.6 is 11.6 Å². The highest BCUT2D eigenvalue weighted by molar-refractivity contribution is 6.31. The highest BCUT2D eigenvalue weighted by atomic mass is 35.5. The van der Waals surface area contributed by atoms with Gasteiger partial charge in [0.25, 0.3) is 0 Å². The Labute approximate surface area is 90.7 Å². The summed E-state index contributed by atoms with van der Waals surface area (Å²) in [4.78, 5) is 3.96. The van der Waals surface area contributed by atoms with E-state index in [0.29, 0.717) is 6.04 Å². The predicted octanol–water partition coefficient (Wildman–Crippen LogP) is 2.67. The zero-order valence-electron chi connectivity index (χ0n) is 8.76. The van der Waals surface area contributed by atoms with Crippen LogP contribution in [0.4, 0.5) is 0 Å². The summed E-state index contributed by atoms with van der Waals surface area (Å²) in [6, 6.07) is 2.45. The van der Waals surface area contributed by atoms with Crippen LogP contribution in [0.15, 0.2) is 18.5 Å². The second kappa shape index (κ2) is 5.99. The quantitative estimate of drug-likeness (QED) is 0.812. The highest BCUT2D eigenvalue weighted by Gasteiger charge is 2.05. The molecule has 1 aromatic rings. The van der Waals surface area contributed by atoms with E-state index in [-0.39, 0.29) is 0 Å². The maximum absolute atomic E-state index is 6.01. The van der Waals surface area contributed by atoms with Crippen LogP contribution < -0.4 is 5.32 Å². The molecule has 0 radical (unpaired) electrons. The second-order valence-electron chi connectivity index (χ2n) is 3.53. The monoisotopic (exact) mass is 212 g/mol. The molecule has 2 nitrogen and oxygen atoms in total. The van der Waals surface area contributed by atoms with Crippen molar-refractivity contribution < 1.29 is 0 Å². The third kappa shape index (κ3) is 3.64. The van der Waals surface area contributed by atoms with Crippen molar-refractivity contribution in [2.45, 2.75) is 32.7 Å². The smallest absolute Gasteiger partial charge is 0.0621 e. The number of nitrogens with zero attached hydrogens (tertiary/aromatic N) is 1. The number of hydrogen-bond acceptors (Lipinski definition) is 2. The molecule has 0 saturated carbocycles. The molecular formula is C11H17ClN2. The molecule has 0 aliphatic heterocycles. The third-order valence-corrected chi connectivity index (χ3v) is 2.47. The fraction of sp³-hybridized carbons (Fsp3) is 0.545. The van der Waals surface area contributed by atoms with Gasteiger partial charge < -0.3 is 5.32 Å². The molecule has 1 heterocycles. The summed E-state index contributed by atoms with van der Waals surface area (Å²) >= 11 is 6.01. The van der Waals surface area contributed by atoms with Crippen molar-refractivity contribution in [2.75, 3.05) is 6.54 Å². The van der Waals surface area contributed by atoms with E-state index in [4.69, 9.17) is 11.6 Å². The molecule has 0 aromatic carbocycles. The number of halogens is 1. The summed E-state index contributed by atoms with van der Waals surface area (Å²) in [6.07, 6.45) is 5.60. The van der Waals surface area contributed by atoms with E-state index >= 15 is 0 Å². The van der Waals surface area contributed by atoms with Crippen molar-refractivity contribution in [1.29, 1.82) is 0 Å². The normalized spacial score (nSPS) is 12.8. The van der Waals surface area contributed by atoms with Crippen LogP contribution in [0.1, 0.15) is 25.8 Å². The Morgan fingerprint density at radius 3 is 3.00 bits per heavy atom. The highest BCUT2D eigenvalue weighted by Crippen LogP contribution is 2.14. The van der Waals surface area contributed by atoms with Gasteiger partial charge in [0, 0.05) is 18.4 Å². The van der Waals surface area contributed by atoms with Gasteiger partial charge in [0.15, 0.2) is 0 Å². The lowest BCUT2D eigenvalue weighted by molar-refractivity contribution is 0.543. The number of pyridine rings is 1. The zero-order chi connectivity index (χ0) is 10.4. The van der Waals surface area contributed by atoms with Gasteiger partial charge >= 0.3 is 0 Å². The van der Waals surface area contributed by atoms with Gasteiger partial charge in [-0.1, -0.05) is 18.5 Å². The first-order valence-electron chi connectivity index (χ1n) is 5.05. The first-order valence-corrected chi connectivity index (χ1v) is 5.43. The number of aromatic nitrogens is 1. The Morgan fingerprint density at radius 1 is 1.57 bits per heavy atom.